The molecule has 0 saturated heterocycles. The number of ketones is 1. The Labute approximate surface area is 106 Å². The number of rotatable bonds is 4. The second kappa shape index (κ2) is 5.47. The fourth-order valence-electron chi connectivity index (χ4n) is 1.67. The molecule has 0 radical (unpaired) electrons. The molecule has 2 aromatic carbocycles. The largest absolute Gasteiger partial charge is 0.497 e. The summed E-state index contributed by atoms with van der Waals surface area (Å²) in [7, 11) is 1.59. The van der Waals surface area contributed by atoms with Crippen LogP contribution in [0.15, 0.2) is 48.5 Å². The van der Waals surface area contributed by atoms with Gasteiger partial charge in [0, 0.05) is 11.1 Å². The number of carbonyl (C=O) groups excluding carboxylic acids is 1. The van der Waals surface area contributed by atoms with Crippen molar-refractivity contribution in [1.82, 2.24) is 0 Å². The molecule has 0 heterocycles. The van der Waals surface area contributed by atoms with Gasteiger partial charge in [-0.15, -0.1) is 0 Å². The monoisotopic (exact) mass is 242 g/mol. The van der Waals surface area contributed by atoms with Gasteiger partial charge in [0.2, 0.25) is 0 Å². The summed E-state index contributed by atoms with van der Waals surface area (Å²) in [5.74, 6) is 0.685. The maximum atomic E-state index is 12.1. The van der Waals surface area contributed by atoms with E-state index in [1.54, 1.807) is 55.6 Å². The highest BCUT2D eigenvalue weighted by Crippen LogP contribution is 2.15. The van der Waals surface area contributed by atoms with Gasteiger partial charge in [0.15, 0.2) is 5.78 Å². The van der Waals surface area contributed by atoms with Crippen molar-refractivity contribution < 1.29 is 14.6 Å². The minimum absolute atomic E-state index is 0.0169. The molecule has 18 heavy (non-hydrogen) atoms. The molecule has 3 nitrogen and oxygen atoms in total. The first-order valence-electron chi connectivity index (χ1n) is 5.63. The lowest BCUT2D eigenvalue weighted by atomic mass is 10.0. The van der Waals surface area contributed by atoms with Gasteiger partial charge in [0.1, 0.15) is 5.75 Å². The van der Waals surface area contributed by atoms with Crippen LogP contribution in [0.5, 0.6) is 5.75 Å². The summed E-state index contributed by atoms with van der Waals surface area (Å²) in [5.41, 5.74) is 2.02. The molecule has 0 spiro atoms. The van der Waals surface area contributed by atoms with Crippen molar-refractivity contribution in [3.63, 3.8) is 0 Å². The predicted molar refractivity (Wildman–Crippen MR) is 68.8 cm³/mol. The summed E-state index contributed by atoms with van der Waals surface area (Å²) in [6.45, 7) is -0.0169. The van der Waals surface area contributed by atoms with Crippen molar-refractivity contribution in [3.05, 3.63) is 65.2 Å². The zero-order chi connectivity index (χ0) is 13.0. The zero-order valence-electron chi connectivity index (χ0n) is 10.1. The normalized spacial score (nSPS) is 10.1. The number of hydrogen-bond donors (Lipinski definition) is 1. The molecule has 0 amide bonds. The smallest absolute Gasteiger partial charge is 0.193 e. The number of hydrogen-bond acceptors (Lipinski definition) is 3. The average molecular weight is 242 g/mol. The summed E-state index contributed by atoms with van der Waals surface area (Å²) in [4.78, 5) is 12.1. The third-order valence-electron chi connectivity index (χ3n) is 2.75. The fraction of sp³-hybridized carbons (Fsp3) is 0.133. The van der Waals surface area contributed by atoms with Crippen LogP contribution in [0.1, 0.15) is 21.5 Å². The molecular formula is C15H14O3. The van der Waals surface area contributed by atoms with E-state index in [0.29, 0.717) is 11.1 Å². The van der Waals surface area contributed by atoms with E-state index in [9.17, 15) is 4.79 Å². The molecule has 3 heteroatoms. The third-order valence-corrected chi connectivity index (χ3v) is 2.75. The second-order valence-electron chi connectivity index (χ2n) is 3.91. The SMILES string of the molecule is COc1ccc(C(=O)c2ccc(CO)cc2)cc1. The molecule has 0 aliphatic rings. The number of benzene rings is 2. The summed E-state index contributed by atoms with van der Waals surface area (Å²) in [6, 6.07) is 13.9. The zero-order valence-corrected chi connectivity index (χ0v) is 10.1. The van der Waals surface area contributed by atoms with E-state index < -0.39 is 0 Å². The minimum Gasteiger partial charge on any atom is -0.497 e. The van der Waals surface area contributed by atoms with Gasteiger partial charge in [-0.2, -0.15) is 0 Å². The maximum Gasteiger partial charge on any atom is 0.193 e. The Morgan fingerprint density at radius 3 is 1.94 bits per heavy atom. The molecule has 0 atom stereocenters. The molecule has 0 aliphatic carbocycles. The Balaban J connectivity index is 2.23. The molecule has 1 N–H and O–H groups in total. The lowest BCUT2D eigenvalue weighted by molar-refractivity contribution is 0.103. The van der Waals surface area contributed by atoms with Gasteiger partial charge in [0.25, 0.3) is 0 Å². The van der Waals surface area contributed by atoms with Gasteiger partial charge >= 0.3 is 0 Å². The third kappa shape index (κ3) is 2.57. The highest BCUT2D eigenvalue weighted by atomic mass is 16.5. The van der Waals surface area contributed by atoms with Crippen LogP contribution in [0.25, 0.3) is 0 Å². The molecule has 0 aliphatic heterocycles. The Morgan fingerprint density at radius 2 is 1.50 bits per heavy atom. The molecule has 2 aromatic rings. The molecule has 0 unspecified atom stereocenters. The van der Waals surface area contributed by atoms with E-state index in [-0.39, 0.29) is 12.4 Å². The van der Waals surface area contributed by atoms with Crippen LogP contribution < -0.4 is 4.74 Å². The van der Waals surface area contributed by atoms with E-state index in [1.165, 1.54) is 0 Å². The highest BCUT2D eigenvalue weighted by Gasteiger charge is 2.08. The molecule has 0 fully saturated rings. The van der Waals surface area contributed by atoms with Crippen molar-refractivity contribution >= 4 is 5.78 Å². The van der Waals surface area contributed by atoms with Gasteiger partial charge in [-0.05, 0) is 29.8 Å². The molecule has 0 saturated carbocycles. The maximum absolute atomic E-state index is 12.1. The van der Waals surface area contributed by atoms with Crippen LogP contribution in [0.3, 0.4) is 0 Å². The first-order valence-corrected chi connectivity index (χ1v) is 5.63. The van der Waals surface area contributed by atoms with Crippen LogP contribution in [0.2, 0.25) is 0 Å². The van der Waals surface area contributed by atoms with Crippen LogP contribution in [-0.2, 0) is 6.61 Å². The molecule has 0 aromatic heterocycles. The van der Waals surface area contributed by atoms with Crippen molar-refractivity contribution in [3.8, 4) is 5.75 Å². The van der Waals surface area contributed by atoms with Crippen LogP contribution in [0, 0.1) is 0 Å². The van der Waals surface area contributed by atoms with Crippen LogP contribution in [-0.4, -0.2) is 18.0 Å². The molecule has 92 valence electrons. The first-order chi connectivity index (χ1) is 8.74. The van der Waals surface area contributed by atoms with Crippen LogP contribution in [0.4, 0.5) is 0 Å². The van der Waals surface area contributed by atoms with Gasteiger partial charge in [-0.1, -0.05) is 24.3 Å². The fourth-order valence-corrected chi connectivity index (χ4v) is 1.67. The summed E-state index contributed by atoms with van der Waals surface area (Å²) < 4.78 is 5.05. The van der Waals surface area contributed by atoms with E-state index in [1.807, 2.05) is 0 Å². The van der Waals surface area contributed by atoms with E-state index in [4.69, 9.17) is 9.84 Å². The van der Waals surface area contributed by atoms with E-state index in [2.05, 4.69) is 0 Å². The minimum atomic E-state index is -0.0397. The summed E-state index contributed by atoms with van der Waals surface area (Å²) in [6.07, 6.45) is 0. The predicted octanol–water partition coefficient (Wildman–Crippen LogP) is 2.42. The van der Waals surface area contributed by atoms with E-state index in [0.717, 1.165) is 11.3 Å². The van der Waals surface area contributed by atoms with Gasteiger partial charge in [-0.25, -0.2) is 0 Å². The number of aliphatic hydroxyl groups excluding tert-OH is 1. The summed E-state index contributed by atoms with van der Waals surface area (Å²) in [5, 5.41) is 8.94. The topological polar surface area (TPSA) is 46.5 Å². The van der Waals surface area contributed by atoms with Crippen molar-refractivity contribution in [2.75, 3.05) is 7.11 Å². The van der Waals surface area contributed by atoms with Gasteiger partial charge in [-0.3, -0.25) is 4.79 Å². The Kier molecular flexibility index (Phi) is 3.75. The lowest BCUT2D eigenvalue weighted by Gasteiger charge is -2.04. The van der Waals surface area contributed by atoms with Gasteiger partial charge in [0.05, 0.1) is 13.7 Å². The van der Waals surface area contributed by atoms with Crippen LogP contribution >= 0.6 is 0 Å². The first kappa shape index (κ1) is 12.3. The van der Waals surface area contributed by atoms with Crippen molar-refractivity contribution in [2.45, 2.75) is 6.61 Å². The number of carbonyl (C=O) groups is 1. The van der Waals surface area contributed by atoms with Crippen molar-refractivity contribution in [2.24, 2.45) is 0 Å². The Morgan fingerprint density at radius 1 is 1.00 bits per heavy atom. The van der Waals surface area contributed by atoms with Gasteiger partial charge < -0.3 is 9.84 Å². The molecular weight excluding hydrogens is 228 g/mol. The number of methoxy groups -OCH3 is 1. The summed E-state index contributed by atoms with van der Waals surface area (Å²) >= 11 is 0. The number of aliphatic hydroxyl groups is 1. The van der Waals surface area contributed by atoms with E-state index >= 15 is 0 Å². The quantitative estimate of drug-likeness (QED) is 0.837. The number of ether oxygens (including phenoxy) is 1. The van der Waals surface area contributed by atoms with Crippen molar-refractivity contribution in [1.29, 1.82) is 0 Å². The average Bonchev–Trinajstić information content (AvgIpc) is 2.47. The Bertz CT molecular complexity index is 477. The Hall–Kier alpha value is -2.13. The highest BCUT2D eigenvalue weighted by molar-refractivity contribution is 6.09. The molecule has 0 bridgehead atoms. The standard InChI is InChI=1S/C15H14O3/c1-18-14-8-6-13(7-9-14)15(17)12-4-2-11(10-16)3-5-12/h2-9,16H,10H2,1H3. The molecule has 2 rings (SSSR count). The lowest BCUT2D eigenvalue weighted by Crippen LogP contribution is -2.01. The second-order valence-corrected chi connectivity index (χ2v) is 3.91.